The van der Waals surface area contributed by atoms with Gasteiger partial charge in [0.15, 0.2) is 5.13 Å². The first-order chi connectivity index (χ1) is 10.8. The minimum atomic E-state index is -0.599. The molecule has 1 fully saturated rings. The fraction of sp³-hybridized carbons (Fsp3) is 0.312. The van der Waals surface area contributed by atoms with Gasteiger partial charge in [0.25, 0.3) is 5.91 Å². The van der Waals surface area contributed by atoms with E-state index in [1.165, 1.54) is 11.3 Å². The lowest BCUT2D eigenvalue weighted by Crippen LogP contribution is -2.43. The molecule has 0 saturated carbocycles. The number of amides is 2. The van der Waals surface area contributed by atoms with E-state index in [-0.39, 0.29) is 11.8 Å². The number of nitrogens with zero attached hydrogens (tertiary/aromatic N) is 2. The lowest BCUT2D eigenvalue weighted by molar-refractivity contribution is -0.141. The molecule has 22 heavy (non-hydrogen) atoms. The lowest BCUT2D eigenvalue weighted by atomic mass is 10.0. The number of carbonyl (C=O) groups is 2. The summed E-state index contributed by atoms with van der Waals surface area (Å²) in [4.78, 5) is 30.7. The second-order valence-corrected chi connectivity index (χ2v) is 6.08. The van der Waals surface area contributed by atoms with E-state index >= 15 is 0 Å². The number of hydrogen-bond donors (Lipinski definition) is 1. The van der Waals surface area contributed by atoms with E-state index in [2.05, 4.69) is 10.3 Å². The molecule has 0 radical (unpaired) electrons. The zero-order valence-corrected chi connectivity index (χ0v) is 12.9. The van der Waals surface area contributed by atoms with Crippen molar-refractivity contribution in [3.8, 4) is 0 Å². The van der Waals surface area contributed by atoms with E-state index < -0.39 is 6.04 Å². The molecule has 2 aromatic rings. The van der Waals surface area contributed by atoms with Crippen molar-refractivity contribution < 1.29 is 9.59 Å². The average molecular weight is 315 g/mol. The molecule has 0 unspecified atom stereocenters. The predicted octanol–water partition coefficient (Wildman–Crippen LogP) is 2.84. The summed E-state index contributed by atoms with van der Waals surface area (Å²) in [5.41, 5.74) is 0.826. The van der Waals surface area contributed by atoms with Gasteiger partial charge >= 0.3 is 0 Å². The van der Waals surface area contributed by atoms with Crippen LogP contribution in [0.25, 0.3) is 0 Å². The quantitative estimate of drug-likeness (QED) is 0.943. The van der Waals surface area contributed by atoms with Crippen molar-refractivity contribution in [1.29, 1.82) is 0 Å². The first-order valence-electron chi connectivity index (χ1n) is 7.30. The molecule has 3 rings (SSSR count). The first kappa shape index (κ1) is 14.7. The molecule has 1 aromatic carbocycles. The highest BCUT2D eigenvalue weighted by molar-refractivity contribution is 7.13. The Morgan fingerprint density at radius 3 is 2.77 bits per heavy atom. The number of rotatable bonds is 4. The third-order valence-corrected chi connectivity index (χ3v) is 4.39. The Hall–Kier alpha value is -2.21. The van der Waals surface area contributed by atoms with Gasteiger partial charge in [0.05, 0.1) is 0 Å². The van der Waals surface area contributed by atoms with Gasteiger partial charge in [-0.1, -0.05) is 30.3 Å². The van der Waals surface area contributed by atoms with Gasteiger partial charge in [0.1, 0.15) is 6.04 Å². The standard InChI is InChI=1S/C16H17N3O2S/c20-13-8-4-5-10-19(13)14(12-6-2-1-3-7-12)15(21)18-16-17-9-11-22-16/h1-3,6-7,9,11,14H,4-5,8,10H2,(H,17,18,21)/t14-/m1/s1. The number of hydrogen-bond acceptors (Lipinski definition) is 4. The molecule has 0 spiro atoms. The summed E-state index contributed by atoms with van der Waals surface area (Å²) in [6.07, 6.45) is 3.97. The van der Waals surface area contributed by atoms with E-state index in [1.54, 1.807) is 16.5 Å². The number of thiazole rings is 1. The Morgan fingerprint density at radius 2 is 2.09 bits per heavy atom. The molecule has 1 aliphatic rings. The van der Waals surface area contributed by atoms with Gasteiger partial charge in [0, 0.05) is 24.5 Å². The predicted molar refractivity (Wildman–Crippen MR) is 85.5 cm³/mol. The van der Waals surface area contributed by atoms with Crippen LogP contribution >= 0.6 is 11.3 Å². The van der Waals surface area contributed by atoms with E-state index in [0.717, 1.165) is 18.4 Å². The van der Waals surface area contributed by atoms with E-state index in [4.69, 9.17) is 0 Å². The van der Waals surface area contributed by atoms with Crippen molar-refractivity contribution in [1.82, 2.24) is 9.88 Å². The van der Waals surface area contributed by atoms with Crippen LogP contribution in [0.3, 0.4) is 0 Å². The van der Waals surface area contributed by atoms with Gasteiger partial charge in [0.2, 0.25) is 5.91 Å². The highest BCUT2D eigenvalue weighted by Crippen LogP contribution is 2.27. The van der Waals surface area contributed by atoms with Gasteiger partial charge in [-0.15, -0.1) is 11.3 Å². The van der Waals surface area contributed by atoms with Crippen molar-refractivity contribution >= 4 is 28.3 Å². The summed E-state index contributed by atoms with van der Waals surface area (Å²) in [5, 5.41) is 5.17. The van der Waals surface area contributed by atoms with E-state index in [9.17, 15) is 9.59 Å². The Bertz CT molecular complexity index is 643. The van der Waals surface area contributed by atoms with Crippen LogP contribution in [0.4, 0.5) is 5.13 Å². The zero-order chi connectivity index (χ0) is 15.4. The van der Waals surface area contributed by atoms with E-state index in [0.29, 0.717) is 18.1 Å². The summed E-state index contributed by atoms with van der Waals surface area (Å²) in [7, 11) is 0. The molecule has 0 aliphatic carbocycles. The maximum atomic E-state index is 12.7. The molecule has 6 heteroatoms. The second-order valence-electron chi connectivity index (χ2n) is 5.18. The average Bonchev–Trinajstić information content (AvgIpc) is 3.03. The van der Waals surface area contributed by atoms with Crippen LogP contribution in [0, 0.1) is 0 Å². The van der Waals surface area contributed by atoms with Crippen LogP contribution in [-0.4, -0.2) is 28.2 Å². The molecule has 1 atom stereocenters. The number of piperidine rings is 1. The fourth-order valence-corrected chi connectivity index (χ4v) is 3.20. The molecular weight excluding hydrogens is 298 g/mol. The van der Waals surface area contributed by atoms with E-state index in [1.807, 2.05) is 30.3 Å². The van der Waals surface area contributed by atoms with Crippen molar-refractivity contribution in [2.24, 2.45) is 0 Å². The molecule has 2 heterocycles. The maximum Gasteiger partial charge on any atom is 0.253 e. The number of nitrogens with one attached hydrogen (secondary N) is 1. The third-order valence-electron chi connectivity index (χ3n) is 3.70. The molecule has 114 valence electrons. The van der Waals surface area contributed by atoms with Crippen LogP contribution in [0.15, 0.2) is 41.9 Å². The largest absolute Gasteiger partial charge is 0.327 e. The Morgan fingerprint density at radius 1 is 1.27 bits per heavy atom. The summed E-state index contributed by atoms with van der Waals surface area (Å²) in [6, 6.07) is 8.83. The second kappa shape index (κ2) is 6.70. The van der Waals surface area contributed by atoms with Crippen LogP contribution < -0.4 is 5.32 Å². The SMILES string of the molecule is O=C(Nc1nccs1)[C@@H](c1ccccc1)N1CCCCC1=O. The number of likely N-dealkylation sites (tertiary alicyclic amines) is 1. The highest BCUT2D eigenvalue weighted by Gasteiger charge is 2.32. The number of aromatic nitrogens is 1. The topological polar surface area (TPSA) is 62.3 Å². The van der Waals surface area contributed by atoms with Crippen molar-refractivity contribution in [2.75, 3.05) is 11.9 Å². The molecule has 1 aliphatic heterocycles. The Labute approximate surface area is 133 Å². The molecule has 1 aromatic heterocycles. The molecular formula is C16H17N3O2S. The summed E-state index contributed by atoms with van der Waals surface area (Å²) in [6.45, 7) is 0.615. The lowest BCUT2D eigenvalue weighted by Gasteiger charge is -2.33. The summed E-state index contributed by atoms with van der Waals surface area (Å²) < 4.78 is 0. The smallest absolute Gasteiger partial charge is 0.253 e. The van der Waals surface area contributed by atoms with Crippen LogP contribution in [0.1, 0.15) is 30.9 Å². The number of carbonyl (C=O) groups excluding carboxylic acids is 2. The first-order valence-corrected chi connectivity index (χ1v) is 8.18. The van der Waals surface area contributed by atoms with Crippen molar-refractivity contribution in [3.63, 3.8) is 0 Å². The monoisotopic (exact) mass is 315 g/mol. The fourth-order valence-electron chi connectivity index (χ4n) is 2.67. The molecule has 5 nitrogen and oxygen atoms in total. The van der Waals surface area contributed by atoms with Gasteiger partial charge in [-0.25, -0.2) is 4.98 Å². The van der Waals surface area contributed by atoms with Crippen LogP contribution in [0.5, 0.6) is 0 Å². The minimum Gasteiger partial charge on any atom is -0.327 e. The van der Waals surface area contributed by atoms with Crippen LogP contribution in [0.2, 0.25) is 0 Å². The number of benzene rings is 1. The van der Waals surface area contributed by atoms with Gasteiger partial charge in [-0.05, 0) is 18.4 Å². The van der Waals surface area contributed by atoms with Gasteiger partial charge in [-0.2, -0.15) is 0 Å². The maximum absolute atomic E-state index is 12.7. The molecule has 0 bridgehead atoms. The normalized spacial score (nSPS) is 16.4. The summed E-state index contributed by atoms with van der Waals surface area (Å²) in [5.74, 6) is -0.175. The molecule has 1 saturated heterocycles. The molecule has 2 amide bonds. The van der Waals surface area contributed by atoms with Gasteiger partial charge < -0.3 is 4.90 Å². The summed E-state index contributed by atoms with van der Waals surface area (Å²) >= 11 is 1.36. The van der Waals surface area contributed by atoms with Gasteiger partial charge in [-0.3, -0.25) is 14.9 Å². The zero-order valence-electron chi connectivity index (χ0n) is 12.1. The van der Waals surface area contributed by atoms with Crippen LogP contribution in [-0.2, 0) is 9.59 Å². The minimum absolute atomic E-state index is 0.0365. The highest BCUT2D eigenvalue weighted by atomic mass is 32.1. The third kappa shape index (κ3) is 3.17. The molecule has 1 N–H and O–H groups in total. The van der Waals surface area contributed by atoms with Crippen molar-refractivity contribution in [3.05, 3.63) is 47.5 Å². The Kier molecular flexibility index (Phi) is 4.48. The Balaban J connectivity index is 1.88. The number of anilines is 1. The van der Waals surface area contributed by atoms with Crippen molar-refractivity contribution in [2.45, 2.75) is 25.3 Å².